The van der Waals surface area contributed by atoms with Crippen LogP contribution in [0.4, 0.5) is 0 Å². The van der Waals surface area contributed by atoms with Crippen LogP contribution in [0.25, 0.3) is 0 Å². The predicted molar refractivity (Wildman–Crippen MR) is 81.7 cm³/mol. The topological polar surface area (TPSA) is 24.9 Å². The third-order valence-corrected chi connectivity index (χ3v) is 6.26. The Morgan fingerprint density at radius 3 is 2.68 bits per heavy atom. The van der Waals surface area contributed by atoms with Crippen LogP contribution < -0.4 is 5.32 Å². The van der Waals surface area contributed by atoms with Crippen LogP contribution in [0.15, 0.2) is 0 Å². The van der Waals surface area contributed by atoms with Crippen LogP contribution in [-0.4, -0.2) is 11.5 Å². The average molecular weight is 278 g/mol. The van der Waals surface area contributed by atoms with E-state index in [1.807, 2.05) is 11.3 Å². The summed E-state index contributed by atoms with van der Waals surface area (Å²) in [5, 5.41) is 5.19. The number of aromatic nitrogens is 1. The summed E-state index contributed by atoms with van der Waals surface area (Å²) >= 11 is 2.01. The molecule has 0 unspecified atom stereocenters. The first-order chi connectivity index (χ1) is 9.23. The van der Waals surface area contributed by atoms with Gasteiger partial charge in [-0.3, -0.25) is 0 Å². The number of nitrogens with zero attached hydrogens (tertiary/aromatic N) is 1. The molecule has 0 bridgehead atoms. The summed E-state index contributed by atoms with van der Waals surface area (Å²) in [6, 6.07) is 0. The molecule has 1 saturated carbocycles. The predicted octanol–water partition coefficient (Wildman–Crippen LogP) is 4.04. The SMILES string of the molecule is CCNC1(c2nc3c(s2)CCCC3)CCC(C)CC1. The highest BCUT2D eigenvalue weighted by Crippen LogP contribution is 2.42. The van der Waals surface area contributed by atoms with E-state index >= 15 is 0 Å². The number of hydrogen-bond donors (Lipinski definition) is 1. The largest absolute Gasteiger partial charge is 0.306 e. The zero-order valence-corrected chi connectivity index (χ0v) is 13.1. The Kier molecular flexibility index (Phi) is 3.95. The summed E-state index contributed by atoms with van der Waals surface area (Å²) < 4.78 is 0. The Hall–Kier alpha value is -0.410. The van der Waals surface area contributed by atoms with E-state index in [0.717, 1.165) is 12.5 Å². The van der Waals surface area contributed by atoms with E-state index in [0.29, 0.717) is 0 Å². The lowest BCUT2D eigenvalue weighted by Gasteiger charge is -2.38. The fourth-order valence-corrected chi connectivity index (χ4v) is 4.99. The van der Waals surface area contributed by atoms with E-state index in [1.54, 1.807) is 4.88 Å². The molecule has 2 aliphatic carbocycles. The third-order valence-electron chi connectivity index (χ3n) is 4.90. The lowest BCUT2D eigenvalue weighted by Crippen LogP contribution is -2.45. The highest BCUT2D eigenvalue weighted by molar-refractivity contribution is 7.11. The van der Waals surface area contributed by atoms with Crippen LogP contribution in [0.1, 0.15) is 68.0 Å². The van der Waals surface area contributed by atoms with Crippen LogP contribution in [0.5, 0.6) is 0 Å². The molecule has 0 saturated heterocycles. The van der Waals surface area contributed by atoms with Crippen LogP contribution in [0.3, 0.4) is 0 Å². The number of fused-ring (bicyclic) bond motifs is 1. The van der Waals surface area contributed by atoms with Gasteiger partial charge in [0.1, 0.15) is 5.01 Å². The number of nitrogens with one attached hydrogen (secondary N) is 1. The van der Waals surface area contributed by atoms with Gasteiger partial charge in [0.2, 0.25) is 0 Å². The van der Waals surface area contributed by atoms with Gasteiger partial charge in [0.15, 0.2) is 0 Å². The monoisotopic (exact) mass is 278 g/mol. The second kappa shape index (κ2) is 5.53. The molecule has 0 aromatic carbocycles. The van der Waals surface area contributed by atoms with E-state index in [-0.39, 0.29) is 5.54 Å². The molecular weight excluding hydrogens is 252 g/mol. The quantitative estimate of drug-likeness (QED) is 0.902. The van der Waals surface area contributed by atoms with Gasteiger partial charge in [-0.2, -0.15) is 0 Å². The molecule has 2 nitrogen and oxygen atoms in total. The minimum absolute atomic E-state index is 0.198. The second-order valence-corrected chi connectivity index (χ2v) is 7.47. The van der Waals surface area contributed by atoms with Gasteiger partial charge in [0.05, 0.1) is 11.2 Å². The zero-order chi connectivity index (χ0) is 13.3. The van der Waals surface area contributed by atoms with Crippen molar-refractivity contribution >= 4 is 11.3 Å². The first-order valence-electron chi connectivity index (χ1n) is 7.97. The first kappa shape index (κ1) is 13.6. The molecule has 19 heavy (non-hydrogen) atoms. The molecule has 1 heterocycles. The van der Waals surface area contributed by atoms with E-state index < -0.39 is 0 Å². The van der Waals surface area contributed by atoms with Gasteiger partial charge in [-0.15, -0.1) is 11.3 Å². The van der Waals surface area contributed by atoms with Gasteiger partial charge in [-0.1, -0.05) is 13.8 Å². The van der Waals surface area contributed by atoms with Crippen molar-refractivity contribution in [3.63, 3.8) is 0 Å². The second-order valence-electron chi connectivity index (χ2n) is 6.39. The van der Waals surface area contributed by atoms with Gasteiger partial charge in [-0.05, 0) is 63.8 Å². The Bertz CT molecular complexity index is 406. The van der Waals surface area contributed by atoms with Crippen molar-refractivity contribution in [1.29, 1.82) is 0 Å². The molecule has 0 amide bonds. The lowest BCUT2D eigenvalue weighted by atomic mass is 9.77. The van der Waals surface area contributed by atoms with E-state index in [9.17, 15) is 0 Å². The van der Waals surface area contributed by atoms with Gasteiger partial charge >= 0.3 is 0 Å². The lowest BCUT2D eigenvalue weighted by molar-refractivity contribution is 0.199. The highest BCUT2D eigenvalue weighted by atomic mass is 32.1. The molecule has 106 valence electrons. The molecule has 3 rings (SSSR count). The van der Waals surface area contributed by atoms with Crippen LogP contribution in [0.2, 0.25) is 0 Å². The summed E-state index contributed by atoms with van der Waals surface area (Å²) in [6.45, 7) is 5.68. The fraction of sp³-hybridized carbons (Fsp3) is 0.812. The van der Waals surface area contributed by atoms with Crippen molar-refractivity contribution in [2.24, 2.45) is 5.92 Å². The molecule has 3 heteroatoms. The highest BCUT2D eigenvalue weighted by Gasteiger charge is 2.38. The molecule has 1 aromatic rings. The summed E-state index contributed by atoms with van der Waals surface area (Å²) in [6.07, 6.45) is 10.4. The van der Waals surface area contributed by atoms with E-state index in [1.165, 1.54) is 62.1 Å². The van der Waals surface area contributed by atoms with E-state index in [2.05, 4.69) is 19.2 Å². The van der Waals surface area contributed by atoms with Crippen LogP contribution in [0, 0.1) is 5.92 Å². The maximum absolute atomic E-state index is 5.05. The number of aryl methyl sites for hydroxylation is 2. The standard InChI is InChI=1S/C16H26N2S/c1-3-17-16(10-8-12(2)9-11-16)15-18-13-6-4-5-7-14(13)19-15/h12,17H,3-11H2,1-2H3. The van der Waals surface area contributed by atoms with Crippen molar-refractivity contribution in [2.75, 3.05) is 6.54 Å². The zero-order valence-electron chi connectivity index (χ0n) is 12.3. The van der Waals surface area contributed by atoms with Gasteiger partial charge < -0.3 is 5.32 Å². The summed E-state index contributed by atoms with van der Waals surface area (Å²) in [5.74, 6) is 0.890. The van der Waals surface area contributed by atoms with Crippen LogP contribution >= 0.6 is 11.3 Å². The van der Waals surface area contributed by atoms with Crippen molar-refractivity contribution < 1.29 is 0 Å². The fourth-order valence-electron chi connectivity index (χ4n) is 3.62. The molecule has 0 aliphatic heterocycles. The number of thiazole rings is 1. The molecule has 0 spiro atoms. The normalized spacial score (nSPS) is 31.2. The van der Waals surface area contributed by atoms with Gasteiger partial charge in [0.25, 0.3) is 0 Å². The Morgan fingerprint density at radius 2 is 2.00 bits per heavy atom. The molecular formula is C16H26N2S. The summed E-state index contributed by atoms with van der Waals surface area (Å²) in [7, 11) is 0. The third kappa shape index (κ3) is 2.59. The van der Waals surface area contributed by atoms with Crippen molar-refractivity contribution in [3.8, 4) is 0 Å². The van der Waals surface area contributed by atoms with Crippen molar-refractivity contribution in [1.82, 2.24) is 10.3 Å². The maximum atomic E-state index is 5.05. The molecule has 1 N–H and O–H groups in total. The van der Waals surface area contributed by atoms with Crippen molar-refractivity contribution in [3.05, 3.63) is 15.6 Å². The van der Waals surface area contributed by atoms with Crippen molar-refractivity contribution in [2.45, 2.75) is 70.8 Å². The molecule has 2 aliphatic rings. The molecule has 1 aromatic heterocycles. The van der Waals surface area contributed by atoms with Gasteiger partial charge in [0, 0.05) is 4.88 Å². The molecule has 0 atom stereocenters. The summed E-state index contributed by atoms with van der Waals surface area (Å²) in [4.78, 5) is 6.63. The van der Waals surface area contributed by atoms with Crippen LogP contribution in [-0.2, 0) is 18.4 Å². The Morgan fingerprint density at radius 1 is 1.26 bits per heavy atom. The average Bonchev–Trinajstić information content (AvgIpc) is 2.86. The minimum atomic E-state index is 0.198. The first-order valence-corrected chi connectivity index (χ1v) is 8.79. The Labute approximate surface area is 121 Å². The van der Waals surface area contributed by atoms with Gasteiger partial charge in [-0.25, -0.2) is 4.98 Å². The maximum Gasteiger partial charge on any atom is 0.113 e. The smallest absolute Gasteiger partial charge is 0.113 e. The molecule has 1 fully saturated rings. The molecule has 0 radical (unpaired) electrons. The number of rotatable bonds is 3. The Balaban J connectivity index is 1.89. The minimum Gasteiger partial charge on any atom is -0.306 e. The number of hydrogen-bond acceptors (Lipinski definition) is 3. The summed E-state index contributed by atoms with van der Waals surface area (Å²) in [5.41, 5.74) is 1.62. The van der Waals surface area contributed by atoms with E-state index in [4.69, 9.17) is 4.98 Å².